The lowest BCUT2D eigenvalue weighted by atomic mass is 10.0. The largest absolute Gasteiger partial charge is 0.543 e. The Morgan fingerprint density at radius 3 is 2.37 bits per heavy atom. The molecule has 0 radical (unpaired) electrons. The number of amides is 4. The zero-order valence-electron chi connectivity index (χ0n) is 29.5. The minimum atomic E-state index is -2.13. The number of ether oxygens (including phenoxy) is 1. The van der Waals surface area contributed by atoms with Gasteiger partial charge in [0, 0.05) is 19.5 Å². The summed E-state index contributed by atoms with van der Waals surface area (Å²) in [5, 5.41) is 9.86. The second-order valence-electron chi connectivity index (χ2n) is 14.8. The molecule has 1 saturated heterocycles. The predicted octanol–water partition coefficient (Wildman–Crippen LogP) is 4.84. The lowest BCUT2D eigenvalue weighted by Crippen LogP contribution is -2.62. The van der Waals surface area contributed by atoms with E-state index in [-0.39, 0.29) is 29.2 Å². The Hall–Kier alpha value is -3.38. The Balaban J connectivity index is 2.35. The van der Waals surface area contributed by atoms with Gasteiger partial charge in [0.15, 0.2) is 0 Å². The van der Waals surface area contributed by atoms with E-state index < -0.39 is 44.0 Å². The van der Waals surface area contributed by atoms with Gasteiger partial charge in [0.05, 0.1) is 0 Å². The van der Waals surface area contributed by atoms with Crippen molar-refractivity contribution in [2.75, 3.05) is 13.1 Å². The van der Waals surface area contributed by atoms with E-state index in [1.165, 1.54) is 5.01 Å². The topological polar surface area (TPSA) is 138 Å². The Labute approximate surface area is 276 Å². The number of carbonyl (C=O) groups excluding carboxylic acids is 4. The third-order valence-electron chi connectivity index (χ3n) is 8.17. The van der Waals surface area contributed by atoms with Crippen molar-refractivity contribution < 1.29 is 28.3 Å². The van der Waals surface area contributed by atoms with Gasteiger partial charge in [-0.3, -0.25) is 19.4 Å². The van der Waals surface area contributed by atoms with E-state index in [0.29, 0.717) is 38.1 Å². The van der Waals surface area contributed by atoms with Crippen LogP contribution in [0.3, 0.4) is 0 Å². The molecule has 0 unspecified atom stereocenters. The molecule has 12 heteroatoms. The van der Waals surface area contributed by atoms with E-state index >= 15 is 0 Å². The molecule has 4 N–H and O–H groups in total. The molecule has 0 bridgehead atoms. The van der Waals surface area contributed by atoms with Crippen LogP contribution in [0, 0.1) is 5.92 Å². The van der Waals surface area contributed by atoms with E-state index in [1.54, 1.807) is 26.8 Å². The summed E-state index contributed by atoms with van der Waals surface area (Å²) in [7, 11) is -2.13. The predicted molar refractivity (Wildman–Crippen MR) is 184 cm³/mol. The summed E-state index contributed by atoms with van der Waals surface area (Å²) in [5.41, 5.74) is 3.13. The molecular formula is C34H57N5O6Si. The molecular weight excluding hydrogens is 602 g/mol. The van der Waals surface area contributed by atoms with Gasteiger partial charge < -0.3 is 25.1 Å². The maximum absolute atomic E-state index is 14.1. The van der Waals surface area contributed by atoms with E-state index in [0.717, 1.165) is 5.56 Å². The van der Waals surface area contributed by atoms with Crippen molar-refractivity contribution in [1.29, 1.82) is 0 Å². The first-order chi connectivity index (χ1) is 21.2. The first-order valence-electron chi connectivity index (χ1n) is 16.3. The molecule has 0 saturated carbocycles. The molecule has 4 amide bonds. The fraction of sp³-hybridized carbons (Fsp3) is 0.647. The smallest absolute Gasteiger partial charge is 0.408 e. The van der Waals surface area contributed by atoms with E-state index in [1.807, 2.05) is 38.1 Å². The number of nitrogens with zero attached hydrogens (tertiary/aromatic N) is 1. The molecule has 46 heavy (non-hydrogen) atoms. The lowest BCUT2D eigenvalue weighted by Gasteiger charge is -2.37. The van der Waals surface area contributed by atoms with Crippen molar-refractivity contribution in [3.8, 4) is 5.75 Å². The fourth-order valence-electron chi connectivity index (χ4n) is 4.59. The summed E-state index contributed by atoms with van der Waals surface area (Å²) in [6.07, 6.45) is 3.01. The van der Waals surface area contributed by atoms with Gasteiger partial charge in [0.25, 0.3) is 5.91 Å². The standard InChI is InChI=1S/C34H57N5O6Si/c1-12-13-19-35-29(40)26-18-15-20-39(38-26)31(42)27(36-30(41)28(23(2)3)37-32(43)44-33(4,5)6)22-24-16-14-17-25(21-24)45-46(10,11)34(7,8)9/h12,14,16-17,21,23,26-28,38H,1,13,15,18-20,22H2,2-11H3,(H,35,40)(H,36,41)(H,37,43)/t26-,27-,28-/m0/s1. The molecule has 0 aromatic heterocycles. The molecule has 1 aromatic carbocycles. The fourth-order valence-corrected chi connectivity index (χ4v) is 5.62. The number of benzene rings is 1. The summed E-state index contributed by atoms with van der Waals surface area (Å²) in [6.45, 7) is 24.2. The Kier molecular flexibility index (Phi) is 13.9. The second-order valence-corrected chi connectivity index (χ2v) is 19.5. The molecule has 1 heterocycles. The average molecular weight is 660 g/mol. The number of carbonyl (C=O) groups is 4. The molecule has 0 aliphatic carbocycles. The van der Waals surface area contributed by atoms with Crippen LogP contribution in [-0.4, -0.2) is 74.0 Å². The quantitative estimate of drug-likeness (QED) is 0.135. The molecule has 1 aromatic rings. The first kappa shape index (κ1) is 38.8. The highest BCUT2D eigenvalue weighted by Crippen LogP contribution is 2.37. The molecule has 2 rings (SSSR count). The van der Waals surface area contributed by atoms with Crippen LogP contribution in [0.15, 0.2) is 36.9 Å². The van der Waals surface area contributed by atoms with Crippen molar-refractivity contribution in [3.63, 3.8) is 0 Å². The van der Waals surface area contributed by atoms with Crippen molar-refractivity contribution in [1.82, 2.24) is 26.4 Å². The van der Waals surface area contributed by atoms with Gasteiger partial charge in [0.1, 0.15) is 29.5 Å². The summed E-state index contributed by atoms with van der Waals surface area (Å²) in [6, 6.07) is 5.06. The van der Waals surface area contributed by atoms with Crippen LogP contribution in [0.5, 0.6) is 5.75 Å². The summed E-state index contributed by atoms with van der Waals surface area (Å²) < 4.78 is 11.9. The van der Waals surface area contributed by atoms with Crippen LogP contribution in [0.4, 0.5) is 4.79 Å². The second kappa shape index (κ2) is 16.4. The molecule has 1 fully saturated rings. The van der Waals surface area contributed by atoms with Crippen molar-refractivity contribution in [3.05, 3.63) is 42.5 Å². The molecule has 0 spiro atoms. The summed E-state index contributed by atoms with van der Waals surface area (Å²) >= 11 is 0. The average Bonchev–Trinajstić information content (AvgIpc) is 2.93. The molecule has 1 aliphatic rings. The van der Waals surface area contributed by atoms with E-state index in [4.69, 9.17) is 9.16 Å². The van der Waals surface area contributed by atoms with Gasteiger partial charge in [-0.25, -0.2) is 10.2 Å². The third kappa shape index (κ3) is 12.1. The maximum atomic E-state index is 14.1. The highest BCUT2D eigenvalue weighted by Gasteiger charge is 2.39. The van der Waals surface area contributed by atoms with Crippen LogP contribution in [0.25, 0.3) is 0 Å². The zero-order chi connectivity index (χ0) is 34.9. The van der Waals surface area contributed by atoms with Crippen LogP contribution in [0.1, 0.15) is 80.2 Å². The van der Waals surface area contributed by atoms with Gasteiger partial charge in [-0.05, 0) is 81.8 Å². The summed E-state index contributed by atoms with van der Waals surface area (Å²) in [4.78, 5) is 53.2. The highest BCUT2D eigenvalue weighted by molar-refractivity contribution is 6.74. The third-order valence-corrected chi connectivity index (χ3v) is 12.5. The number of hydrogen-bond acceptors (Lipinski definition) is 7. The molecule has 258 valence electrons. The van der Waals surface area contributed by atoms with E-state index in [2.05, 4.69) is 61.8 Å². The highest BCUT2D eigenvalue weighted by atomic mass is 28.4. The number of alkyl carbamates (subject to hydrolysis) is 1. The van der Waals surface area contributed by atoms with Crippen molar-refractivity contribution in [2.24, 2.45) is 5.92 Å². The van der Waals surface area contributed by atoms with Gasteiger partial charge in [-0.15, -0.1) is 6.58 Å². The van der Waals surface area contributed by atoms with Gasteiger partial charge in [-0.1, -0.05) is 52.8 Å². The normalized spacial score (nSPS) is 17.0. The van der Waals surface area contributed by atoms with Crippen molar-refractivity contribution in [2.45, 2.75) is 123 Å². The van der Waals surface area contributed by atoms with Crippen LogP contribution >= 0.6 is 0 Å². The number of rotatable bonds is 13. The first-order valence-corrected chi connectivity index (χ1v) is 19.2. The molecule has 3 atom stereocenters. The van der Waals surface area contributed by atoms with Crippen LogP contribution in [-0.2, 0) is 25.5 Å². The lowest BCUT2D eigenvalue weighted by molar-refractivity contribution is -0.143. The Morgan fingerprint density at radius 1 is 1.11 bits per heavy atom. The van der Waals surface area contributed by atoms with Crippen molar-refractivity contribution >= 4 is 32.1 Å². The SMILES string of the molecule is C=CCCNC(=O)[C@@H]1CCCN(C(=O)[C@H](Cc2cccc(O[Si](C)(C)C(C)(C)C)c2)NC(=O)[C@@H](NC(=O)OC(C)(C)C)C(C)C)N1. The monoisotopic (exact) mass is 659 g/mol. The molecule has 1 aliphatic heterocycles. The number of hydrazine groups is 1. The van der Waals surface area contributed by atoms with Gasteiger partial charge in [0.2, 0.25) is 20.1 Å². The zero-order valence-corrected chi connectivity index (χ0v) is 30.5. The van der Waals surface area contributed by atoms with Crippen LogP contribution in [0.2, 0.25) is 18.1 Å². The minimum Gasteiger partial charge on any atom is -0.543 e. The van der Waals surface area contributed by atoms with Gasteiger partial charge >= 0.3 is 6.09 Å². The summed E-state index contributed by atoms with van der Waals surface area (Å²) in [5.74, 6) is -0.671. The van der Waals surface area contributed by atoms with Crippen LogP contribution < -0.4 is 25.8 Å². The number of hydrogen-bond donors (Lipinski definition) is 4. The Bertz CT molecular complexity index is 1220. The Morgan fingerprint density at radius 2 is 1.78 bits per heavy atom. The minimum absolute atomic E-state index is 0.00305. The number of nitrogens with one attached hydrogen (secondary N) is 4. The van der Waals surface area contributed by atoms with Gasteiger partial charge in [-0.2, -0.15) is 0 Å². The molecule has 11 nitrogen and oxygen atoms in total. The maximum Gasteiger partial charge on any atom is 0.408 e. The van der Waals surface area contributed by atoms with E-state index in [9.17, 15) is 19.2 Å².